The summed E-state index contributed by atoms with van der Waals surface area (Å²) in [7, 11) is 0. The molecule has 1 amide bonds. The van der Waals surface area contributed by atoms with Crippen molar-refractivity contribution < 1.29 is 13.7 Å². The molecule has 0 bridgehead atoms. The smallest absolute Gasteiger partial charge is 0.279 e. The predicted octanol–water partition coefficient (Wildman–Crippen LogP) is 3.71. The lowest BCUT2D eigenvalue weighted by molar-refractivity contribution is 0.101. The standard InChI is InChI=1S/C16H10N4O3S/c21-15(11-8-14(23-20-11)13-5-3-7-22-13)19-16-18-12(9-24-16)10-4-1-2-6-17-10/h1-9H,(H,18,19,21). The zero-order chi connectivity index (χ0) is 16.4. The first kappa shape index (κ1) is 14.3. The molecule has 0 saturated heterocycles. The van der Waals surface area contributed by atoms with E-state index in [0.717, 1.165) is 5.69 Å². The molecule has 0 aliphatic carbocycles. The molecule has 4 rings (SSSR count). The highest BCUT2D eigenvalue weighted by Crippen LogP contribution is 2.24. The molecule has 4 heterocycles. The first-order chi connectivity index (χ1) is 11.8. The van der Waals surface area contributed by atoms with Crippen LogP contribution in [-0.4, -0.2) is 21.0 Å². The van der Waals surface area contributed by atoms with Gasteiger partial charge in [-0.25, -0.2) is 4.98 Å². The van der Waals surface area contributed by atoms with Gasteiger partial charge in [0.05, 0.1) is 12.0 Å². The molecular formula is C16H10N4O3S. The van der Waals surface area contributed by atoms with Crippen molar-refractivity contribution in [1.82, 2.24) is 15.1 Å². The lowest BCUT2D eigenvalue weighted by atomic mass is 10.3. The number of thiazole rings is 1. The second-order valence-corrected chi connectivity index (χ2v) is 5.62. The molecule has 1 N–H and O–H groups in total. The fourth-order valence-electron chi connectivity index (χ4n) is 2.04. The number of nitrogens with zero attached hydrogens (tertiary/aromatic N) is 3. The Balaban J connectivity index is 1.50. The number of hydrogen-bond acceptors (Lipinski definition) is 7. The lowest BCUT2D eigenvalue weighted by Crippen LogP contribution is -2.11. The van der Waals surface area contributed by atoms with Crippen molar-refractivity contribution in [3.05, 3.63) is 59.9 Å². The molecule has 7 nitrogen and oxygen atoms in total. The number of anilines is 1. The van der Waals surface area contributed by atoms with E-state index in [1.165, 1.54) is 23.7 Å². The number of nitrogens with one attached hydrogen (secondary N) is 1. The van der Waals surface area contributed by atoms with E-state index in [-0.39, 0.29) is 5.69 Å². The molecule has 4 aromatic heterocycles. The van der Waals surface area contributed by atoms with Crippen LogP contribution in [0.2, 0.25) is 0 Å². The second kappa shape index (κ2) is 6.09. The summed E-state index contributed by atoms with van der Waals surface area (Å²) in [6.45, 7) is 0. The number of carbonyl (C=O) groups excluding carboxylic acids is 1. The monoisotopic (exact) mass is 338 g/mol. The quantitative estimate of drug-likeness (QED) is 0.609. The molecule has 24 heavy (non-hydrogen) atoms. The Morgan fingerprint density at radius 1 is 1.12 bits per heavy atom. The largest absolute Gasteiger partial charge is 0.461 e. The molecule has 0 radical (unpaired) electrons. The second-order valence-electron chi connectivity index (χ2n) is 4.76. The highest BCUT2D eigenvalue weighted by Gasteiger charge is 2.16. The summed E-state index contributed by atoms with van der Waals surface area (Å²) in [6, 6.07) is 10.5. The first-order valence-electron chi connectivity index (χ1n) is 6.98. The van der Waals surface area contributed by atoms with Crippen molar-refractivity contribution in [2.24, 2.45) is 0 Å². The summed E-state index contributed by atoms with van der Waals surface area (Å²) >= 11 is 1.31. The molecule has 0 aliphatic heterocycles. The zero-order valence-corrected chi connectivity index (χ0v) is 13.0. The van der Waals surface area contributed by atoms with E-state index in [4.69, 9.17) is 8.94 Å². The van der Waals surface area contributed by atoms with E-state index >= 15 is 0 Å². The normalized spacial score (nSPS) is 10.7. The van der Waals surface area contributed by atoms with Crippen molar-refractivity contribution in [2.75, 3.05) is 5.32 Å². The fourth-order valence-corrected chi connectivity index (χ4v) is 2.74. The van der Waals surface area contributed by atoms with E-state index in [0.29, 0.717) is 22.3 Å². The molecule has 4 aromatic rings. The van der Waals surface area contributed by atoms with Crippen LogP contribution in [0.4, 0.5) is 5.13 Å². The third-order valence-electron chi connectivity index (χ3n) is 3.16. The minimum absolute atomic E-state index is 0.149. The number of hydrogen-bond donors (Lipinski definition) is 1. The van der Waals surface area contributed by atoms with Crippen LogP contribution in [0.5, 0.6) is 0 Å². The number of pyridine rings is 1. The van der Waals surface area contributed by atoms with Gasteiger partial charge in [-0.1, -0.05) is 11.2 Å². The van der Waals surface area contributed by atoms with Gasteiger partial charge in [-0.15, -0.1) is 11.3 Å². The van der Waals surface area contributed by atoms with Gasteiger partial charge >= 0.3 is 0 Å². The molecule has 0 saturated carbocycles. The van der Waals surface area contributed by atoms with Gasteiger partial charge in [-0.05, 0) is 24.3 Å². The third-order valence-corrected chi connectivity index (χ3v) is 3.92. The van der Waals surface area contributed by atoms with Crippen LogP contribution in [0.25, 0.3) is 22.9 Å². The SMILES string of the molecule is O=C(Nc1nc(-c2ccccn2)cs1)c1cc(-c2ccco2)on1. The lowest BCUT2D eigenvalue weighted by Gasteiger charge is -1.96. The fraction of sp³-hybridized carbons (Fsp3) is 0. The van der Waals surface area contributed by atoms with Gasteiger partial charge in [-0.2, -0.15) is 0 Å². The third kappa shape index (κ3) is 2.82. The van der Waals surface area contributed by atoms with Crippen LogP contribution < -0.4 is 5.32 Å². The summed E-state index contributed by atoms with van der Waals surface area (Å²) in [5.74, 6) is 0.491. The van der Waals surface area contributed by atoms with Gasteiger partial charge in [0.1, 0.15) is 5.69 Å². The average molecular weight is 338 g/mol. The van der Waals surface area contributed by atoms with Crippen molar-refractivity contribution in [3.8, 4) is 22.9 Å². The van der Waals surface area contributed by atoms with Crippen LogP contribution in [-0.2, 0) is 0 Å². The van der Waals surface area contributed by atoms with Gasteiger partial charge in [0.2, 0.25) is 5.76 Å². The van der Waals surface area contributed by atoms with Crippen molar-refractivity contribution in [1.29, 1.82) is 0 Å². The van der Waals surface area contributed by atoms with Gasteiger partial charge < -0.3 is 8.94 Å². The zero-order valence-electron chi connectivity index (χ0n) is 12.2. The molecule has 0 spiro atoms. The Kier molecular flexibility index (Phi) is 3.64. The van der Waals surface area contributed by atoms with E-state index in [1.54, 1.807) is 18.3 Å². The minimum Gasteiger partial charge on any atom is -0.461 e. The number of aromatic nitrogens is 3. The first-order valence-corrected chi connectivity index (χ1v) is 7.86. The van der Waals surface area contributed by atoms with Gasteiger partial charge in [0.15, 0.2) is 16.6 Å². The van der Waals surface area contributed by atoms with Gasteiger partial charge in [0, 0.05) is 17.6 Å². The molecule has 118 valence electrons. The molecule has 0 aromatic carbocycles. The van der Waals surface area contributed by atoms with Gasteiger partial charge in [-0.3, -0.25) is 15.1 Å². The Labute approximate surface area is 140 Å². The van der Waals surface area contributed by atoms with E-state index in [1.807, 2.05) is 23.6 Å². The maximum absolute atomic E-state index is 12.2. The molecule has 0 aliphatic rings. The summed E-state index contributed by atoms with van der Waals surface area (Å²) in [6.07, 6.45) is 3.21. The Hall–Kier alpha value is -3.26. The van der Waals surface area contributed by atoms with E-state index < -0.39 is 5.91 Å². The molecular weight excluding hydrogens is 328 g/mol. The Morgan fingerprint density at radius 2 is 2.08 bits per heavy atom. The van der Waals surface area contributed by atoms with Crippen LogP contribution in [0.3, 0.4) is 0 Å². The molecule has 0 fully saturated rings. The Bertz CT molecular complexity index is 960. The molecule has 0 atom stereocenters. The summed E-state index contributed by atoms with van der Waals surface area (Å²) < 4.78 is 10.3. The van der Waals surface area contributed by atoms with Crippen LogP contribution >= 0.6 is 11.3 Å². The van der Waals surface area contributed by atoms with Crippen LogP contribution in [0, 0.1) is 0 Å². The topological polar surface area (TPSA) is 94.1 Å². The van der Waals surface area contributed by atoms with Crippen molar-refractivity contribution in [2.45, 2.75) is 0 Å². The van der Waals surface area contributed by atoms with Crippen molar-refractivity contribution in [3.63, 3.8) is 0 Å². The van der Waals surface area contributed by atoms with E-state index in [9.17, 15) is 4.79 Å². The minimum atomic E-state index is -0.404. The Morgan fingerprint density at radius 3 is 2.88 bits per heavy atom. The molecule has 8 heteroatoms. The van der Waals surface area contributed by atoms with E-state index in [2.05, 4.69) is 20.4 Å². The summed E-state index contributed by atoms with van der Waals surface area (Å²) in [4.78, 5) is 20.8. The summed E-state index contributed by atoms with van der Waals surface area (Å²) in [5, 5.41) is 8.73. The maximum Gasteiger partial charge on any atom is 0.279 e. The maximum atomic E-state index is 12.2. The van der Waals surface area contributed by atoms with Crippen LogP contribution in [0.15, 0.2) is 63.2 Å². The number of carbonyl (C=O) groups is 1. The number of rotatable bonds is 4. The number of furan rings is 1. The highest BCUT2D eigenvalue weighted by molar-refractivity contribution is 7.14. The average Bonchev–Trinajstić information content (AvgIpc) is 3.36. The van der Waals surface area contributed by atoms with Crippen molar-refractivity contribution >= 4 is 22.4 Å². The molecule has 0 unspecified atom stereocenters. The summed E-state index contributed by atoms with van der Waals surface area (Å²) in [5.41, 5.74) is 1.60. The highest BCUT2D eigenvalue weighted by atomic mass is 32.1. The predicted molar refractivity (Wildman–Crippen MR) is 87.5 cm³/mol. The number of amides is 1. The van der Waals surface area contributed by atoms with Gasteiger partial charge in [0.25, 0.3) is 5.91 Å². The van der Waals surface area contributed by atoms with Crippen LogP contribution in [0.1, 0.15) is 10.5 Å².